The lowest BCUT2D eigenvalue weighted by Crippen LogP contribution is -2.46. The maximum Gasteiger partial charge on any atom is 0.240 e. The molecule has 0 saturated carbocycles. The Labute approximate surface area is 131 Å². The maximum absolute atomic E-state index is 12.3. The minimum Gasteiger partial charge on any atom is -0.378 e. The summed E-state index contributed by atoms with van der Waals surface area (Å²) in [6.07, 6.45) is 0. The lowest BCUT2D eigenvalue weighted by molar-refractivity contribution is -0.136. The van der Waals surface area contributed by atoms with Crippen LogP contribution in [0.3, 0.4) is 0 Å². The second-order valence-corrected chi connectivity index (χ2v) is 5.45. The molecule has 1 heterocycles. The Hall–Kier alpha value is -1.92. The molecule has 1 fully saturated rings. The molecule has 0 radical (unpaired) electrons. The van der Waals surface area contributed by atoms with E-state index in [1.165, 1.54) is 0 Å². The fourth-order valence-electron chi connectivity index (χ4n) is 2.33. The molecule has 0 bridgehead atoms. The normalized spacial score (nSPS) is 15.0. The largest absolute Gasteiger partial charge is 0.378 e. The fraction of sp³-hybridized carbons (Fsp3) is 0.500. The molecule has 0 atom stereocenters. The number of carbonyl (C=O) groups excluding carboxylic acids is 2. The summed E-state index contributed by atoms with van der Waals surface area (Å²) in [4.78, 5) is 29.5. The van der Waals surface area contributed by atoms with Crippen LogP contribution < -0.4 is 4.90 Å². The zero-order valence-electron chi connectivity index (χ0n) is 13.2. The number of benzene rings is 1. The highest BCUT2D eigenvalue weighted by Gasteiger charge is 2.20. The van der Waals surface area contributed by atoms with E-state index in [0.717, 1.165) is 5.69 Å². The molecule has 22 heavy (non-hydrogen) atoms. The van der Waals surface area contributed by atoms with Crippen LogP contribution >= 0.6 is 0 Å². The van der Waals surface area contributed by atoms with Gasteiger partial charge in [-0.05, 0) is 19.2 Å². The van der Waals surface area contributed by atoms with Crippen LogP contribution in [-0.2, 0) is 14.3 Å². The summed E-state index contributed by atoms with van der Waals surface area (Å²) in [7, 11) is 3.53. The first-order chi connectivity index (χ1) is 10.6. The molecule has 1 aromatic carbocycles. The summed E-state index contributed by atoms with van der Waals surface area (Å²) in [5, 5.41) is 0. The topological polar surface area (TPSA) is 53.1 Å². The second-order valence-electron chi connectivity index (χ2n) is 5.45. The Kier molecular flexibility index (Phi) is 5.91. The predicted octanol–water partition coefficient (Wildman–Crippen LogP) is 0.440. The van der Waals surface area contributed by atoms with Crippen LogP contribution in [0.25, 0.3) is 0 Å². The zero-order chi connectivity index (χ0) is 15.9. The molecular weight excluding hydrogens is 282 g/mol. The standard InChI is InChI=1S/C16H23N3O3/c1-17(13-16(21)19-8-10-22-11-9-19)12-15(20)18(2)14-6-4-3-5-7-14/h3-7H,8-13H2,1-2H3. The van der Waals surface area contributed by atoms with Crippen molar-refractivity contribution >= 4 is 17.5 Å². The average Bonchev–Trinajstić information content (AvgIpc) is 2.55. The van der Waals surface area contributed by atoms with E-state index in [-0.39, 0.29) is 24.9 Å². The van der Waals surface area contributed by atoms with Crippen molar-refractivity contribution in [2.75, 3.05) is 58.4 Å². The van der Waals surface area contributed by atoms with Crippen molar-refractivity contribution < 1.29 is 14.3 Å². The van der Waals surface area contributed by atoms with Crippen LogP contribution in [0.1, 0.15) is 0 Å². The van der Waals surface area contributed by atoms with Crippen LogP contribution in [0.2, 0.25) is 0 Å². The molecule has 0 aromatic heterocycles. The van der Waals surface area contributed by atoms with E-state index in [2.05, 4.69) is 0 Å². The van der Waals surface area contributed by atoms with E-state index >= 15 is 0 Å². The van der Waals surface area contributed by atoms with E-state index in [1.54, 1.807) is 28.8 Å². The van der Waals surface area contributed by atoms with Gasteiger partial charge in [-0.3, -0.25) is 14.5 Å². The van der Waals surface area contributed by atoms with E-state index in [1.807, 2.05) is 30.3 Å². The Balaban J connectivity index is 1.82. The number of para-hydroxylation sites is 1. The van der Waals surface area contributed by atoms with E-state index in [9.17, 15) is 9.59 Å². The van der Waals surface area contributed by atoms with Gasteiger partial charge in [-0.1, -0.05) is 18.2 Å². The van der Waals surface area contributed by atoms with Crippen LogP contribution in [-0.4, -0.2) is 75.1 Å². The van der Waals surface area contributed by atoms with Gasteiger partial charge in [-0.2, -0.15) is 0 Å². The van der Waals surface area contributed by atoms with Crippen molar-refractivity contribution in [3.8, 4) is 0 Å². The second kappa shape index (κ2) is 7.91. The van der Waals surface area contributed by atoms with Gasteiger partial charge in [0.1, 0.15) is 0 Å². The first-order valence-electron chi connectivity index (χ1n) is 7.43. The lowest BCUT2D eigenvalue weighted by Gasteiger charge is -2.29. The van der Waals surface area contributed by atoms with Gasteiger partial charge in [0, 0.05) is 25.8 Å². The van der Waals surface area contributed by atoms with Crippen LogP contribution in [0, 0.1) is 0 Å². The molecule has 0 aliphatic carbocycles. The van der Waals surface area contributed by atoms with Gasteiger partial charge in [0.2, 0.25) is 11.8 Å². The summed E-state index contributed by atoms with van der Waals surface area (Å²) >= 11 is 0. The number of nitrogens with zero attached hydrogens (tertiary/aromatic N) is 3. The Morgan fingerprint density at radius 1 is 1.09 bits per heavy atom. The molecule has 1 saturated heterocycles. The quantitative estimate of drug-likeness (QED) is 0.792. The van der Waals surface area contributed by atoms with Crippen molar-refractivity contribution in [3.63, 3.8) is 0 Å². The third-order valence-corrected chi connectivity index (χ3v) is 3.69. The van der Waals surface area contributed by atoms with Gasteiger partial charge in [0.25, 0.3) is 0 Å². The molecule has 120 valence electrons. The minimum absolute atomic E-state index is 0.0384. The molecule has 1 aromatic rings. The zero-order valence-corrected chi connectivity index (χ0v) is 13.2. The van der Waals surface area contributed by atoms with Crippen LogP contribution in [0.5, 0.6) is 0 Å². The van der Waals surface area contributed by atoms with Crippen molar-refractivity contribution in [1.82, 2.24) is 9.80 Å². The molecule has 0 spiro atoms. The third-order valence-electron chi connectivity index (χ3n) is 3.69. The highest BCUT2D eigenvalue weighted by atomic mass is 16.5. The number of likely N-dealkylation sites (N-methyl/N-ethyl adjacent to an activating group) is 2. The highest BCUT2D eigenvalue weighted by Crippen LogP contribution is 2.11. The summed E-state index contributed by atoms with van der Waals surface area (Å²) in [6, 6.07) is 9.47. The minimum atomic E-state index is -0.0384. The number of ether oxygens (including phenoxy) is 1. The number of hydrogen-bond acceptors (Lipinski definition) is 4. The Morgan fingerprint density at radius 3 is 2.36 bits per heavy atom. The Morgan fingerprint density at radius 2 is 1.73 bits per heavy atom. The summed E-state index contributed by atoms with van der Waals surface area (Å²) in [6.45, 7) is 2.89. The molecule has 0 unspecified atom stereocenters. The van der Waals surface area contributed by atoms with Gasteiger partial charge in [-0.25, -0.2) is 0 Å². The van der Waals surface area contributed by atoms with Gasteiger partial charge < -0.3 is 14.5 Å². The SMILES string of the molecule is CN(CC(=O)N1CCOCC1)CC(=O)N(C)c1ccccc1. The van der Waals surface area contributed by atoms with Gasteiger partial charge in [-0.15, -0.1) is 0 Å². The summed E-state index contributed by atoms with van der Waals surface area (Å²) < 4.78 is 5.23. The summed E-state index contributed by atoms with van der Waals surface area (Å²) in [5.74, 6) is 0.00411. The molecule has 0 N–H and O–H groups in total. The van der Waals surface area contributed by atoms with Crippen LogP contribution in [0.4, 0.5) is 5.69 Å². The van der Waals surface area contributed by atoms with Crippen LogP contribution in [0.15, 0.2) is 30.3 Å². The lowest BCUT2D eigenvalue weighted by atomic mass is 10.3. The Bertz CT molecular complexity index is 501. The number of amides is 2. The number of morpholine rings is 1. The maximum atomic E-state index is 12.3. The van der Waals surface area contributed by atoms with Crippen molar-refractivity contribution in [2.24, 2.45) is 0 Å². The molecule has 6 heteroatoms. The number of carbonyl (C=O) groups is 2. The van der Waals surface area contributed by atoms with Gasteiger partial charge >= 0.3 is 0 Å². The van der Waals surface area contributed by atoms with Crippen molar-refractivity contribution in [1.29, 1.82) is 0 Å². The smallest absolute Gasteiger partial charge is 0.240 e. The monoisotopic (exact) mass is 305 g/mol. The molecule has 2 amide bonds. The molecular formula is C16H23N3O3. The molecule has 6 nitrogen and oxygen atoms in total. The third kappa shape index (κ3) is 4.54. The number of rotatable bonds is 5. The van der Waals surface area contributed by atoms with E-state index < -0.39 is 0 Å². The highest BCUT2D eigenvalue weighted by molar-refractivity contribution is 5.94. The van der Waals surface area contributed by atoms with Crippen molar-refractivity contribution in [3.05, 3.63) is 30.3 Å². The fourth-order valence-corrected chi connectivity index (χ4v) is 2.33. The first kappa shape index (κ1) is 16.5. The average molecular weight is 305 g/mol. The molecule has 1 aliphatic rings. The van der Waals surface area contributed by atoms with E-state index in [0.29, 0.717) is 26.3 Å². The van der Waals surface area contributed by atoms with Gasteiger partial charge in [0.05, 0.1) is 26.3 Å². The molecule has 2 rings (SSSR count). The van der Waals surface area contributed by atoms with Crippen molar-refractivity contribution in [2.45, 2.75) is 0 Å². The first-order valence-corrected chi connectivity index (χ1v) is 7.43. The number of hydrogen-bond donors (Lipinski definition) is 0. The van der Waals surface area contributed by atoms with Gasteiger partial charge in [0.15, 0.2) is 0 Å². The summed E-state index contributed by atoms with van der Waals surface area (Å²) in [5.41, 5.74) is 0.848. The number of anilines is 1. The predicted molar refractivity (Wildman–Crippen MR) is 84.7 cm³/mol. The van der Waals surface area contributed by atoms with E-state index in [4.69, 9.17) is 4.74 Å². The molecule has 1 aliphatic heterocycles.